The summed E-state index contributed by atoms with van der Waals surface area (Å²) in [5, 5.41) is 11.1. The predicted octanol–water partition coefficient (Wildman–Crippen LogP) is 3.75. The van der Waals surface area contributed by atoms with Crippen molar-refractivity contribution in [2.24, 2.45) is 10.9 Å². The number of nitrogen functional groups attached to an aromatic ring is 1. The fourth-order valence-corrected chi connectivity index (χ4v) is 4.87. The number of nitrogens with two attached hydrogens (primary N) is 2. The van der Waals surface area contributed by atoms with E-state index in [-0.39, 0.29) is 11.6 Å². The van der Waals surface area contributed by atoms with Gasteiger partial charge in [0.05, 0.1) is 18.8 Å². The summed E-state index contributed by atoms with van der Waals surface area (Å²) in [7, 11) is -3.02. The molecule has 0 spiro atoms. The van der Waals surface area contributed by atoms with Crippen LogP contribution in [0, 0.1) is 11.8 Å². The molecule has 0 bridgehead atoms. The number of nitrogens with one attached hydrogen (secondary N) is 3. The molecule has 1 atom stereocenters. The number of furan rings is 1. The minimum Gasteiger partial charge on any atom is -0.460 e. The minimum absolute atomic E-state index is 0.0628. The number of allylic oxidation sites excluding steroid dienone is 1. The molecule has 2 heterocycles. The maximum atomic E-state index is 11.3. The maximum Gasteiger partial charge on any atom is 0.191 e. The Morgan fingerprint density at radius 2 is 1.98 bits per heavy atom. The molecular formula is C29H37N7O5S. The van der Waals surface area contributed by atoms with Crippen LogP contribution in [0.15, 0.2) is 81.9 Å². The molecule has 3 aromatic rings. The van der Waals surface area contributed by atoms with Gasteiger partial charge in [0.1, 0.15) is 39.0 Å². The molecule has 0 saturated carbocycles. The highest BCUT2D eigenvalue weighted by molar-refractivity contribution is 7.90. The van der Waals surface area contributed by atoms with E-state index in [4.69, 9.17) is 20.6 Å². The number of nitrogens with zero attached hydrogens (tertiary/aromatic N) is 2. The molecule has 1 aliphatic heterocycles. The molecule has 4 rings (SSSR count). The lowest BCUT2D eigenvalue weighted by Crippen LogP contribution is -2.38. The summed E-state index contributed by atoms with van der Waals surface area (Å²) in [6.45, 7) is 5.74. The van der Waals surface area contributed by atoms with Crippen LogP contribution in [0.1, 0.15) is 30.0 Å². The van der Waals surface area contributed by atoms with E-state index in [9.17, 15) is 13.3 Å². The molecule has 224 valence electrons. The Balaban J connectivity index is 1.40. The first-order valence-corrected chi connectivity index (χ1v) is 15.6. The molecule has 1 aromatic heterocycles. The van der Waals surface area contributed by atoms with Gasteiger partial charge in [-0.25, -0.2) is 13.8 Å². The molecule has 13 heteroatoms. The average molecular weight is 596 g/mol. The SMILES string of the molecule is CCNN1CC=C(Oc2ccc(NC(N)c3cc(-c4ccc(CNCCS(C)(=O)=O)o4)ccc3N)cc2C)C=C1N=O. The lowest BCUT2D eigenvalue weighted by molar-refractivity contribution is 0.263. The molecular weight excluding hydrogens is 558 g/mol. The Morgan fingerprint density at radius 3 is 2.69 bits per heavy atom. The first-order valence-electron chi connectivity index (χ1n) is 13.5. The highest BCUT2D eigenvalue weighted by atomic mass is 32.2. The van der Waals surface area contributed by atoms with Crippen LogP contribution in [0.2, 0.25) is 0 Å². The average Bonchev–Trinajstić information content (AvgIpc) is 3.42. The number of rotatable bonds is 14. The zero-order valence-corrected chi connectivity index (χ0v) is 24.7. The van der Waals surface area contributed by atoms with E-state index in [2.05, 4.69) is 21.2 Å². The standard InChI is InChI=1S/C29H37N7O5S/c1-4-33-36-13-11-22(17-28(36)35-37)40-26-9-6-21(15-19(26)2)34-29(31)24-16-20(5-8-25(24)30)27-10-7-23(41-27)18-32-12-14-42(3,38)39/h5-11,15-17,29,32-34H,4,12-14,18,30-31H2,1-3H3. The molecule has 0 saturated heterocycles. The Bertz CT molecular complexity index is 1580. The molecule has 0 aliphatic carbocycles. The smallest absolute Gasteiger partial charge is 0.191 e. The number of ether oxygens (including phenoxy) is 1. The van der Waals surface area contributed by atoms with Crippen molar-refractivity contribution < 1.29 is 17.6 Å². The minimum atomic E-state index is -3.02. The van der Waals surface area contributed by atoms with Gasteiger partial charge < -0.3 is 31.3 Å². The van der Waals surface area contributed by atoms with Crippen LogP contribution >= 0.6 is 0 Å². The van der Waals surface area contributed by atoms with Gasteiger partial charge in [-0.1, -0.05) is 6.92 Å². The predicted molar refractivity (Wildman–Crippen MR) is 165 cm³/mol. The van der Waals surface area contributed by atoms with Crippen molar-refractivity contribution in [2.45, 2.75) is 26.6 Å². The fourth-order valence-electron chi connectivity index (χ4n) is 4.35. The van der Waals surface area contributed by atoms with Crippen molar-refractivity contribution in [3.05, 3.63) is 94.1 Å². The van der Waals surface area contributed by atoms with E-state index in [1.165, 1.54) is 6.26 Å². The summed E-state index contributed by atoms with van der Waals surface area (Å²) in [6.07, 6.45) is 4.06. The number of sulfone groups is 1. The molecule has 1 aliphatic rings. The molecule has 0 fully saturated rings. The summed E-state index contributed by atoms with van der Waals surface area (Å²) < 4.78 is 34.6. The Labute approximate surface area is 245 Å². The largest absolute Gasteiger partial charge is 0.460 e. The number of hydrazine groups is 1. The molecule has 7 N–H and O–H groups in total. The number of hydrogen-bond donors (Lipinski definition) is 5. The van der Waals surface area contributed by atoms with Gasteiger partial charge in [-0.05, 0) is 72.3 Å². The highest BCUT2D eigenvalue weighted by Gasteiger charge is 2.17. The van der Waals surface area contributed by atoms with E-state index >= 15 is 0 Å². The topological polar surface area (TPSA) is 177 Å². The van der Waals surface area contributed by atoms with Crippen molar-refractivity contribution in [3.8, 4) is 17.1 Å². The second-order valence-corrected chi connectivity index (χ2v) is 12.2. The van der Waals surface area contributed by atoms with Crippen molar-refractivity contribution in [3.63, 3.8) is 0 Å². The molecule has 0 radical (unpaired) electrons. The van der Waals surface area contributed by atoms with Crippen LogP contribution in [-0.2, 0) is 16.4 Å². The Hall–Kier alpha value is -4.17. The first kappa shape index (κ1) is 30.8. The van der Waals surface area contributed by atoms with E-state index in [1.54, 1.807) is 17.2 Å². The van der Waals surface area contributed by atoms with Gasteiger partial charge >= 0.3 is 0 Å². The normalized spacial score (nSPS) is 14.2. The van der Waals surface area contributed by atoms with Gasteiger partial charge in [0.2, 0.25) is 0 Å². The quantitative estimate of drug-likeness (QED) is 0.0793. The molecule has 1 unspecified atom stereocenters. The number of benzene rings is 2. The summed E-state index contributed by atoms with van der Waals surface area (Å²) in [4.78, 5) is 11.2. The third kappa shape index (κ3) is 8.19. The monoisotopic (exact) mass is 595 g/mol. The first-order chi connectivity index (χ1) is 20.1. The number of hydrogen-bond acceptors (Lipinski definition) is 12. The van der Waals surface area contributed by atoms with E-state index in [0.717, 1.165) is 16.8 Å². The molecule has 12 nitrogen and oxygen atoms in total. The Kier molecular flexibility index (Phi) is 10.0. The zero-order chi connectivity index (χ0) is 30.3. The zero-order valence-electron chi connectivity index (χ0n) is 23.9. The van der Waals surface area contributed by atoms with Crippen molar-refractivity contribution in [1.29, 1.82) is 0 Å². The van der Waals surface area contributed by atoms with Crippen LogP contribution < -0.4 is 32.3 Å². The van der Waals surface area contributed by atoms with Crippen LogP contribution in [0.5, 0.6) is 5.75 Å². The number of nitroso groups, excluding NO2 is 1. The van der Waals surface area contributed by atoms with E-state index in [0.29, 0.717) is 60.5 Å². The maximum absolute atomic E-state index is 11.3. The van der Waals surface area contributed by atoms with Crippen molar-refractivity contribution >= 4 is 21.2 Å². The summed E-state index contributed by atoms with van der Waals surface area (Å²) in [6, 6.07) is 14.8. The van der Waals surface area contributed by atoms with Gasteiger partial charge in [-0.3, -0.25) is 5.01 Å². The lowest BCUT2D eigenvalue weighted by Gasteiger charge is -2.25. The van der Waals surface area contributed by atoms with E-state index in [1.807, 2.05) is 62.4 Å². The number of aryl methyl sites for hydroxylation is 1. The van der Waals surface area contributed by atoms with Crippen LogP contribution in [-0.4, -0.2) is 45.1 Å². The third-order valence-electron chi connectivity index (χ3n) is 6.51. The van der Waals surface area contributed by atoms with Gasteiger partial charge in [-0.2, -0.15) is 0 Å². The van der Waals surface area contributed by atoms with Gasteiger partial charge in [-0.15, -0.1) is 4.91 Å². The van der Waals surface area contributed by atoms with Gasteiger partial charge in [0.25, 0.3) is 0 Å². The van der Waals surface area contributed by atoms with Crippen molar-refractivity contribution in [2.75, 3.05) is 42.7 Å². The molecule has 2 aromatic carbocycles. The van der Waals surface area contributed by atoms with Gasteiger partial charge in [0.15, 0.2) is 5.82 Å². The van der Waals surface area contributed by atoms with Crippen LogP contribution in [0.3, 0.4) is 0 Å². The number of anilines is 2. The molecule has 42 heavy (non-hydrogen) atoms. The van der Waals surface area contributed by atoms with Crippen molar-refractivity contribution in [1.82, 2.24) is 15.8 Å². The third-order valence-corrected chi connectivity index (χ3v) is 7.45. The fraction of sp³-hybridized carbons (Fsp3) is 0.310. The summed E-state index contributed by atoms with van der Waals surface area (Å²) in [5.74, 6) is 2.82. The summed E-state index contributed by atoms with van der Waals surface area (Å²) >= 11 is 0. The highest BCUT2D eigenvalue weighted by Crippen LogP contribution is 2.31. The second kappa shape index (κ2) is 13.7. The Morgan fingerprint density at radius 1 is 1.17 bits per heavy atom. The second-order valence-electron chi connectivity index (χ2n) is 9.94. The van der Waals surface area contributed by atoms with Crippen LogP contribution in [0.4, 0.5) is 11.4 Å². The lowest BCUT2D eigenvalue weighted by atomic mass is 10.0. The van der Waals surface area contributed by atoms with E-state index < -0.39 is 16.0 Å². The summed E-state index contributed by atoms with van der Waals surface area (Å²) in [5.41, 5.74) is 19.6. The van der Waals surface area contributed by atoms with Gasteiger partial charge in [0, 0.05) is 47.9 Å². The van der Waals surface area contributed by atoms with Crippen LogP contribution in [0.25, 0.3) is 11.3 Å². The molecule has 0 amide bonds.